The molecule has 0 unspecified atom stereocenters. The molecule has 18 heavy (non-hydrogen) atoms. The predicted octanol–water partition coefficient (Wildman–Crippen LogP) is 2.60. The zero-order chi connectivity index (χ0) is 13.8. The maximum Gasteiger partial charge on any atom is 0.293 e. The van der Waals surface area contributed by atoms with Gasteiger partial charge in [0.25, 0.3) is 6.47 Å². The number of ether oxygens (including phenoxy) is 1. The second-order valence-corrected chi connectivity index (χ2v) is 5.17. The summed E-state index contributed by atoms with van der Waals surface area (Å²) in [5.41, 5.74) is -1.00. The van der Waals surface area contributed by atoms with Crippen LogP contribution in [0.1, 0.15) is 27.7 Å². The molecule has 0 bridgehead atoms. The van der Waals surface area contributed by atoms with E-state index in [1.165, 1.54) is 0 Å². The van der Waals surface area contributed by atoms with Crippen LogP contribution in [0.5, 0.6) is 0 Å². The van der Waals surface area contributed by atoms with Gasteiger partial charge in [0.2, 0.25) is 5.91 Å². The third-order valence-corrected chi connectivity index (χ3v) is 3.45. The maximum absolute atomic E-state index is 12.2. The van der Waals surface area contributed by atoms with Crippen molar-refractivity contribution in [3.8, 4) is 0 Å². The number of hydrogen-bond donors (Lipinski definition) is 1. The van der Waals surface area contributed by atoms with E-state index in [4.69, 9.17) is 4.74 Å². The molecular weight excluding hydrogens is 230 g/mol. The molecule has 1 aromatic rings. The molecule has 0 saturated heterocycles. The summed E-state index contributed by atoms with van der Waals surface area (Å²) in [6, 6.07) is 9.18. The molecule has 1 aromatic carbocycles. The molecule has 0 heterocycles. The third-order valence-electron chi connectivity index (χ3n) is 3.45. The highest BCUT2D eigenvalue weighted by atomic mass is 16.5. The monoisotopic (exact) mass is 249 g/mol. The summed E-state index contributed by atoms with van der Waals surface area (Å²) >= 11 is 0. The minimum atomic E-state index is -0.881. The van der Waals surface area contributed by atoms with Gasteiger partial charge in [-0.15, -0.1) is 0 Å². The van der Waals surface area contributed by atoms with Gasteiger partial charge >= 0.3 is 0 Å². The van der Waals surface area contributed by atoms with E-state index in [2.05, 4.69) is 5.32 Å². The Balaban J connectivity index is 2.85. The second-order valence-electron chi connectivity index (χ2n) is 5.17. The SMILES string of the molecule is CC(C)(OC=O)C(C)(C)C(=O)Nc1ccccc1. The Labute approximate surface area is 107 Å². The van der Waals surface area contributed by atoms with Crippen LogP contribution in [0.4, 0.5) is 5.69 Å². The molecule has 4 heteroatoms. The molecule has 0 saturated carbocycles. The lowest BCUT2D eigenvalue weighted by Crippen LogP contribution is -2.49. The zero-order valence-corrected chi connectivity index (χ0v) is 11.2. The largest absolute Gasteiger partial charge is 0.461 e. The normalized spacial score (nSPS) is 11.8. The molecule has 0 radical (unpaired) electrons. The lowest BCUT2D eigenvalue weighted by atomic mass is 9.76. The average molecular weight is 249 g/mol. The van der Waals surface area contributed by atoms with Gasteiger partial charge in [0.1, 0.15) is 5.60 Å². The van der Waals surface area contributed by atoms with Crippen molar-refractivity contribution in [2.45, 2.75) is 33.3 Å². The van der Waals surface area contributed by atoms with E-state index in [1.54, 1.807) is 27.7 Å². The highest BCUT2D eigenvalue weighted by Gasteiger charge is 2.45. The van der Waals surface area contributed by atoms with Crippen LogP contribution < -0.4 is 5.32 Å². The van der Waals surface area contributed by atoms with Crippen molar-refractivity contribution >= 4 is 18.1 Å². The van der Waals surface area contributed by atoms with Gasteiger partial charge in [0.15, 0.2) is 0 Å². The first-order chi connectivity index (χ1) is 8.31. The van der Waals surface area contributed by atoms with E-state index in [9.17, 15) is 9.59 Å². The lowest BCUT2D eigenvalue weighted by Gasteiger charge is -2.38. The van der Waals surface area contributed by atoms with Crippen molar-refractivity contribution in [3.05, 3.63) is 30.3 Å². The summed E-state index contributed by atoms with van der Waals surface area (Å²) in [5.74, 6) is -0.194. The van der Waals surface area contributed by atoms with Crippen molar-refractivity contribution in [3.63, 3.8) is 0 Å². The van der Waals surface area contributed by atoms with Crippen LogP contribution in [-0.4, -0.2) is 18.0 Å². The zero-order valence-electron chi connectivity index (χ0n) is 11.2. The van der Waals surface area contributed by atoms with E-state index >= 15 is 0 Å². The number of carbonyl (C=O) groups excluding carboxylic acids is 2. The highest BCUT2D eigenvalue weighted by molar-refractivity contribution is 5.95. The fourth-order valence-electron chi connectivity index (χ4n) is 1.35. The molecule has 4 nitrogen and oxygen atoms in total. The molecule has 0 fully saturated rings. The van der Waals surface area contributed by atoms with Crippen LogP contribution in [-0.2, 0) is 14.3 Å². The van der Waals surface area contributed by atoms with Gasteiger partial charge in [0, 0.05) is 5.69 Å². The Kier molecular flexibility index (Phi) is 4.11. The van der Waals surface area contributed by atoms with E-state index in [0.717, 1.165) is 5.69 Å². The van der Waals surface area contributed by atoms with Gasteiger partial charge in [-0.3, -0.25) is 9.59 Å². The Morgan fingerprint density at radius 2 is 1.72 bits per heavy atom. The van der Waals surface area contributed by atoms with Crippen LogP contribution in [0.2, 0.25) is 0 Å². The van der Waals surface area contributed by atoms with Crippen molar-refractivity contribution in [1.29, 1.82) is 0 Å². The van der Waals surface area contributed by atoms with Crippen molar-refractivity contribution in [1.82, 2.24) is 0 Å². The van der Waals surface area contributed by atoms with Crippen molar-refractivity contribution in [2.75, 3.05) is 5.32 Å². The number of amides is 1. The Hall–Kier alpha value is -1.84. The van der Waals surface area contributed by atoms with Crippen molar-refractivity contribution < 1.29 is 14.3 Å². The van der Waals surface area contributed by atoms with Gasteiger partial charge in [-0.2, -0.15) is 0 Å². The first-order valence-corrected chi connectivity index (χ1v) is 5.79. The van der Waals surface area contributed by atoms with Gasteiger partial charge in [0.05, 0.1) is 5.41 Å². The van der Waals surface area contributed by atoms with Gasteiger partial charge < -0.3 is 10.1 Å². The van der Waals surface area contributed by atoms with E-state index < -0.39 is 11.0 Å². The van der Waals surface area contributed by atoms with Gasteiger partial charge in [-0.25, -0.2) is 0 Å². The molecule has 0 aliphatic rings. The summed E-state index contributed by atoms with van der Waals surface area (Å²) in [7, 11) is 0. The number of rotatable bonds is 5. The molecular formula is C14H19NO3. The molecule has 98 valence electrons. The fourth-order valence-corrected chi connectivity index (χ4v) is 1.35. The van der Waals surface area contributed by atoms with E-state index in [-0.39, 0.29) is 5.91 Å². The predicted molar refractivity (Wildman–Crippen MR) is 70.1 cm³/mol. The maximum atomic E-state index is 12.2. The van der Waals surface area contributed by atoms with Crippen molar-refractivity contribution in [2.24, 2.45) is 5.41 Å². The van der Waals surface area contributed by atoms with E-state index in [1.807, 2.05) is 30.3 Å². The van der Waals surface area contributed by atoms with Gasteiger partial charge in [-0.1, -0.05) is 18.2 Å². The number of hydrogen-bond acceptors (Lipinski definition) is 3. The standard InChI is InChI=1S/C14H19NO3/c1-13(2,14(3,4)18-10-16)12(17)15-11-8-6-5-7-9-11/h5-10H,1-4H3,(H,15,17). The van der Waals surface area contributed by atoms with Crippen LogP contribution in [0.15, 0.2) is 30.3 Å². The number of carbonyl (C=O) groups is 2. The summed E-state index contributed by atoms with van der Waals surface area (Å²) in [5, 5.41) is 2.81. The molecule has 0 aliphatic heterocycles. The van der Waals surface area contributed by atoms with Crippen LogP contribution in [0.3, 0.4) is 0 Å². The van der Waals surface area contributed by atoms with Crippen LogP contribution in [0.25, 0.3) is 0 Å². The number of benzene rings is 1. The minimum Gasteiger partial charge on any atom is -0.461 e. The Bertz CT molecular complexity index is 424. The minimum absolute atomic E-state index is 0.194. The molecule has 0 aliphatic carbocycles. The number of nitrogens with one attached hydrogen (secondary N) is 1. The van der Waals surface area contributed by atoms with Crippen LogP contribution in [0, 0.1) is 5.41 Å². The molecule has 0 aromatic heterocycles. The summed E-state index contributed by atoms with van der Waals surface area (Å²) in [6.45, 7) is 7.29. The second kappa shape index (κ2) is 5.21. The summed E-state index contributed by atoms with van der Waals surface area (Å²) < 4.78 is 5.01. The fraction of sp³-hybridized carbons (Fsp3) is 0.429. The molecule has 1 rings (SSSR count). The average Bonchev–Trinajstić information content (AvgIpc) is 2.29. The van der Waals surface area contributed by atoms with Gasteiger partial charge in [-0.05, 0) is 39.8 Å². The summed E-state index contributed by atoms with van der Waals surface area (Å²) in [4.78, 5) is 22.7. The Morgan fingerprint density at radius 3 is 2.22 bits per heavy atom. The molecule has 0 spiro atoms. The lowest BCUT2D eigenvalue weighted by molar-refractivity contribution is -0.158. The molecule has 0 atom stereocenters. The Morgan fingerprint density at radius 1 is 1.17 bits per heavy atom. The van der Waals surface area contributed by atoms with E-state index in [0.29, 0.717) is 6.47 Å². The third kappa shape index (κ3) is 2.88. The topological polar surface area (TPSA) is 55.4 Å². The first kappa shape index (κ1) is 14.2. The first-order valence-electron chi connectivity index (χ1n) is 5.79. The quantitative estimate of drug-likeness (QED) is 0.816. The highest BCUT2D eigenvalue weighted by Crippen LogP contribution is 2.34. The van der Waals surface area contributed by atoms with Crippen LogP contribution >= 0.6 is 0 Å². The summed E-state index contributed by atoms with van der Waals surface area (Å²) in [6.07, 6.45) is 0. The smallest absolute Gasteiger partial charge is 0.293 e. The molecule has 1 amide bonds. The molecule has 1 N–H and O–H groups in total. The number of anilines is 1. The number of para-hydroxylation sites is 1.